The number of carboxylic acid groups (broad SMARTS) is 1. The Balaban J connectivity index is 2.29. The molecule has 3 aromatic rings. The number of fused-ring (bicyclic) bond motifs is 1. The molecule has 0 aliphatic carbocycles. The molecule has 29 heavy (non-hydrogen) atoms. The molecule has 0 bridgehead atoms. The summed E-state index contributed by atoms with van der Waals surface area (Å²) in [5, 5.41) is 12.6. The average molecular weight is 392 g/mol. The molecule has 1 aromatic heterocycles. The van der Waals surface area contributed by atoms with Gasteiger partial charge < -0.3 is 16.2 Å². The van der Waals surface area contributed by atoms with E-state index in [4.69, 9.17) is 15.8 Å². The average Bonchev–Trinajstić information content (AvgIpc) is 2.66. The van der Waals surface area contributed by atoms with Gasteiger partial charge in [0.15, 0.2) is 0 Å². The highest BCUT2D eigenvalue weighted by molar-refractivity contribution is 5.97. The lowest BCUT2D eigenvalue weighted by molar-refractivity contribution is 0.191. The molecule has 0 aliphatic heterocycles. The van der Waals surface area contributed by atoms with E-state index in [2.05, 4.69) is 50.4 Å². The van der Waals surface area contributed by atoms with Crippen LogP contribution in [-0.4, -0.2) is 16.2 Å². The zero-order chi connectivity index (χ0) is 21.1. The fourth-order valence-electron chi connectivity index (χ4n) is 3.73. The molecule has 0 radical (unpaired) electrons. The lowest BCUT2D eigenvalue weighted by atomic mass is 9.90. The number of hydrogen-bond acceptors (Lipinski definition) is 3. The minimum absolute atomic E-state index is 0.320. The van der Waals surface area contributed by atoms with Gasteiger partial charge in [0, 0.05) is 17.6 Å². The highest BCUT2D eigenvalue weighted by Crippen LogP contribution is 2.35. The van der Waals surface area contributed by atoms with Gasteiger partial charge in [0.1, 0.15) is 0 Å². The molecule has 1 unspecified atom stereocenters. The zero-order valence-corrected chi connectivity index (χ0v) is 17.5. The molecule has 0 saturated heterocycles. The number of nitrogens with zero attached hydrogens (tertiary/aromatic N) is 1. The fourth-order valence-corrected chi connectivity index (χ4v) is 3.73. The summed E-state index contributed by atoms with van der Waals surface area (Å²) in [7, 11) is 0. The number of hydrogen-bond donors (Lipinski definition) is 3. The molecule has 5 heteroatoms. The summed E-state index contributed by atoms with van der Waals surface area (Å²) in [5.41, 5.74) is 13.5. The van der Waals surface area contributed by atoms with Gasteiger partial charge in [-0.3, -0.25) is 4.98 Å². The topological polar surface area (TPSA) is 88.2 Å². The Hall–Kier alpha value is -2.92. The lowest BCUT2D eigenvalue weighted by Crippen LogP contribution is -2.24. The number of amides is 1. The van der Waals surface area contributed by atoms with Crippen LogP contribution in [0.3, 0.4) is 0 Å². The number of nitrogens with one attached hydrogen (secondary N) is 1. The molecule has 0 saturated carbocycles. The van der Waals surface area contributed by atoms with Crippen molar-refractivity contribution in [1.29, 1.82) is 0 Å². The van der Waals surface area contributed by atoms with Crippen LogP contribution in [0.1, 0.15) is 49.2 Å². The summed E-state index contributed by atoms with van der Waals surface area (Å²) in [6.07, 6.45) is -0.176. The lowest BCUT2D eigenvalue weighted by Gasteiger charge is -2.19. The number of benzene rings is 2. The zero-order valence-electron chi connectivity index (χ0n) is 17.5. The van der Waals surface area contributed by atoms with Crippen molar-refractivity contribution in [3.8, 4) is 11.1 Å². The van der Waals surface area contributed by atoms with Crippen molar-refractivity contribution in [2.75, 3.05) is 0 Å². The van der Waals surface area contributed by atoms with Crippen LogP contribution >= 0.6 is 0 Å². The predicted molar refractivity (Wildman–Crippen MR) is 118 cm³/mol. The van der Waals surface area contributed by atoms with Crippen molar-refractivity contribution < 1.29 is 9.90 Å². The van der Waals surface area contributed by atoms with Crippen LogP contribution in [0.4, 0.5) is 4.79 Å². The third kappa shape index (κ3) is 4.57. The third-order valence-electron chi connectivity index (χ3n) is 5.18. The van der Waals surface area contributed by atoms with E-state index >= 15 is 0 Å². The summed E-state index contributed by atoms with van der Waals surface area (Å²) in [4.78, 5) is 16.0. The van der Waals surface area contributed by atoms with Gasteiger partial charge in [-0.2, -0.15) is 0 Å². The van der Waals surface area contributed by atoms with E-state index in [9.17, 15) is 4.79 Å². The van der Waals surface area contributed by atoms with Crippen molar-refractivity contribution in [3.63, 3.8) is 0 Å². The Morgan fingerprint density at radius 2 is 1.83 bits per heavy atom. The number of nitrogens with two attached hydrogens (primary N) is 1. The standard InChI is InChI=1S/C24H29N3O2/c1-14(2)11-22-20(13-25)23(17-7-5-15(3)6-8-17)19-12-18(9-10-21(19)27-22)16(4)26-24(28)29/h5-10,12,14,16,26H,11,13,25H2,1-4H3,(H,28,29). The molecule has 3 rings (SSSR count). The molecular weight excluding hydrogens is 362 g/mol. The maximum atomic E-state index is 11.1. The largest absolute Gasteiger partial charge is 0.465 e. The van der Waals surface area contributed by atoms with Gasteiger partial charge in [-0.25, -0.2) is 4.79 Å². The van der Waals surface area contributed by atoms with Crippen molar-refractivity contribution in [2.45, 2.75) is 46.7 Å². The molecule has 152 valence electrons. The Morgan fingerprint density at radius 1 is 1.14 bits per heavy atom. The Labute approximate surface area is 172 Å². The second-order valence-electron chi connectivity index (χ2n) is 8.03. The Morgan fingerprint density at radius 3 is 2.41 bits per heavy atom. The van der Waals surface area contributed by atoms with Crippen LogP contribution in [0.5, 0.6) is 0 Å². The van der Waals surface area contributed by atoms with Gasteiger partial charge >= 0.3 is 6.09 Å². The maximum Gasteiger partial charge on any atom is 0.405 e. The molecule has 5 nitrogen and oxygen atoms in total. The Bertz CT molecular complexity index is 1030. The highest BCUT2D eigenvalue weighted by atomic mass is 16.4. The molecule has 0 aliphatic rings. The van der Waals surface area contributed by atoms with Crippen LogP contribution in [0.15, 0.2) is 42.5 Å². The first-order chi connectivity index (χ1) is 13.8. The minimum atomic E-state index is -1.04. The monoisotopic (exact) mass is 391 g/mol. The predicted octanol–water partition coefficient (Wildman–Crippen LogP) is 5.20. The Kier molecular flexibility index (Phi) is 6.18. The third-order valence-corrected chi connectivity index (χ3v) is 5.18. The van der Waals surface area contributed by atoms with Crippen LogP contribution < -0.4 is 11.1 Å². The van der Waals surface area contributed by atoms with E-state index < -0.39 is 6.09 Å². The summed E-state index contributed by atoms with van der Waals surface area (Å²) in [5.74, 6) is 0.468. The van der Waals surface area contributed by atoms with E-state index in [0.29, 0.717) is 12.5 Å². The number of carbonyl (C=O) groups is 1. The van der Waals surface area contributed by atoms with E-state index in [1.807, 2.05) is 25.1 Å². The van der Waals surface area contributed by atoms with Gasteiger partial charge in [0.2, 0.25) is 0 Å². The van der Waals surface area contributed by atoms with E-state index in [0.717, 1.165) is 45.3 Å². The molecule has 1 heterocycles. The number of aryl methyl sites for hydroxylation is 1. The first kappa shape index (κ1) is 20.8. The van der Waals surface area contributed by atoms with Crippen molar-refractivity contribution >= 4 is 17.0 Å². The second kappa shape index (κ2) is 8.62. The molecule has 1 atom stereocenters. The van der Waals surface area contributed by atoms with Crippen molar-refractivity contribution in [2.24, 2.45) is 11.7 Å². The number of pyridine rings is 1. The van der Waals surface area contributed by atoms with E-state index in [-0.39, 0.29) is 6.04 Å². The van der Waals surface area contributed by atoms with E-state index in [1.54, 1.807) is 0 Å². The smallest absolute Gasteiger partial charge is 0.405 e. The molecule has 0 fully saturated rings. The maximum absolute atomic E-state index is 11.1. The van der Waals surface area contributed by atoms with Crippen LogP contribution in [-0.2, 0) is 13.0 Å². The van der Waals surface area contributed by atoms with Gasteiger partial charge in [0.25, 0.3) is 0 Å². The fraction of sp³-hybridized carbons (Fsp3) is 0.333. The van der Waals surface area contributed by atoms with Gasteiger partial charge in [-0.15, -0.1) is 0 Å². The molecule has 2 aromatic carbocycles. The molecule has 1 amide bonds. The van der Waals surface area contributed by atoms with Crippen molar-refractivity contribution in [1.82, 2.24) is 10.3 Å². The normalized spacial score (nSPS) is 12.3. The van der Waals surface area contributed by atoms with Crippen LogP contribution in [0.25, 0.3) is 22.0 Å². The summed E-state index contributed by atoms with van der Waals surface area (Å²) in [6, 6.07) is 14.1. The van der Waals surface area contributed by atoms with Crippen molar-refractivity contribution in [3.05, 3.63) is 64.8 Å². The van der Waals surface area contributed by atoms with E-state index in [1.165, 1.54) is 5.56 Å². The number of rotatable bonds is 6. The first-order valence-electron chi connectivity index (χ1n) is 10.0. The van der Waals surface area contributed by atoms with Crippen LogP contribution in [0.2, 0.25) is 0 Å². The summed E-state index contributed by atoms with van der Waals surface area (Å²) >= 11 is 0. The molecular formula is C24H29N3O2. The molecule has 4 N–H and O–H groups in total. The van der Waals surface area contributed by atoms with Crippen LogP contribution in [0, 0.1) is 12.8 Å². The molecule has 0 spiro atoms. The SMILES string of the molecule is Cc1ccc(-c2c(CN)c(CC(C)C)nc3ccc(C(C)NC(=O)O)cc23)cc1. The second-order valence-corrected chi connectivity index (χ2v) is 8.03. The quantitative estimate of drug-likeness (QED) is 0.539. The van der Waals surface area contributed by atoms with Gasteiger partial charge in [-0.05, 0) is 60.6 Å². The first-order valence-corrected chi connectivity index (χ1v) is 10.0. The highest BCUT2D eigenvalue weighted by Gasteiger charge is 2.18. The van der Waals surface area contributed by atoms with Gasteiger partial charge in [-0.1, -0.05) is 49.7 Å². The van der Waals surface area contributed by atoms with Gasteiger partial charge in [0.05, 0.1) is 11.6 Å². The minimum Gasteiger partial charge on any atom is -0.465 e. The number of aromatic nitrogens is 1. The summed E-state index contributed by atoms with van der Waals surface area (Å²) in [6.45, 7) is 8.67. The summed E-state index contributed by atoms with van der Waals surface area (Å²) < 4.78 is 0.